The Labute approximate surface area is 170 Å². The summed E-state index contributed by atoms with van der Waals surface area (Å²) in [6.45, 7) is 0.677. The van der Waals surface area contributed by atoms with Crippen molar-refractivity contribution in [2.45, 2.75) is 44.9 Å². The van der Waals surface area contributed by atoms with Gasteiger partial charge in [-0.25, -0.2) is 4.39 Å². The van der Waals surface area contributed by atoms with Crippen LogP contribution in [0.1, 0.15) is 54.4 Å². The summed E-state index contributed by atoms with van der Waals surface area (Å²) in [5.74, 6) is 0.747. The van der Waals surface area contributed by atoms with Crippen molar-refractivity contribution in [3.05, 3.63) is 53.3 Å². The van der Waals surface area contributed by atoms with Crippen LogP contribution in [0.5, 0.6) is 5.75 Å². The third-order valence-electron chi connectivity index (χ3n) is 5.56. The molecule has 4 rings (SSSR count). The molecule has 2 aromatic carbocycles. The summed E-state index contributed by atoms with van der Waals surface area (Å²) < 4.78 is 25.7. The van der Waals surface area contributed by atoms with Crippen molar-refractivity contribution in [3.63, 3.8) is 0 Å². The van der Waals surface area contributed by atoms with Gasteiger partial charge < -0.3 is 14.5 Å². The van der Waals surface area contributed by atoms with Crippen LogP contribution in [0.25, 0.3) is 22.3 Å². The van der Waals surface area contributed by atoms with Gasteiger partial charge in [0.15, 0.2) is 0 Å². The van der Waals surface area contributed by atoms with Gasteiger partial charge in [-0.15, -0.1) is 0 Å². The standard InChI is InChI=1S/C24H26FNO3/c1-26-24(27)22-21-18-8-6-4-2-3-5-7-15-28-19(18)13-14-20(21)29-23(22)16-9-11-17(25)12-10-16/h9-14H,2-8,15H2,1H3,(H,26,27). The molecule has 0 bridgehead atoms. The van der Waals surface area contributed by atoms with Gasteiger partial charge in [0.2, 0.25) is 0 Å². The topological polar surface area (TPSA) is 51.5 Å². The van der Waals surface area contributed by atoms with Gasteiger partial charge in [0.25, 0.3) is 5.91 Å². The largest absolute Gasteiger partial charge is 0.493 e. The molecule has 1 aliphatic heterocycles. The Hall–Kier alpha value is -2.82. The zero-order chi connectivity index (χ0) is 20.2. The molecule has 0 unspecified atom stereocenters. The lowest BCUT2D eigenvalue weighted by Crippen LogP contribution is -2.18. The molecule has 0 radical (unpaired) electrons. The summed E-state index contributed by atoms with van der Waals surface area (Å²) in [5.41, 5.74) is 2.84. The van der Waals surface area contributed by atoms with Crippen LogP contribution < -0.4 is 10.1 Å². The minimum Gasteiger partial charge on any atom is -0.493 e. The molecule has 0 aliphatic carbocycles. The van der Waals surface area contributed by atoms with Gasteiger partial charge in [-0.2, -0.15) is 0 Å². The lowest BCUT2D eigenvalue weighted by atomic mass is 9.96. The van der Waals surface area contributed by atoms with Crippen LogP contribution in [0.3, 0.4) is 0 Å². The van der Waals surface area contributed by atoms with Gasteiger partial charge in [-0.3, -0.25) is 4.79 Å². The van der Waals surface area contributed by atoms with E-state index < -0.39 is 0 Å². The predicted octanol–water partition coefficient (Wildman–Crippen LogP) is 5.87. The summed E-state index contributed by atoms with van der Waals surface area (Å²) in [7, 11) is 1.61. The smallest absolute Gasteiger partial charge is 0.255 e. The van der Waals surface area contributed by atoms with Crippen molar-refractivity contribution in [3.8, 4) is 17.1 Å². The molecule has 3 aromatic rings. The van der Waals surface area contributed by atoms with Crippen LogP contribution in [-0.4, -0.2) is 19.6 Å². The summed E-state index contributed by atoms with van der Waals surface area (Å²) in [6.07, 6.45) is 7.71. The normalized spacial score (nSPS) is 15.2. The Morgan fingerprint density at radius 2 is 1.69 bits per heavy atom. The Morgan fingerprint density at radius 3 is 2.45 bits per heavy atom. The van der Waals surface area contributed by atoms with Gasteiger partial charge in [0.05, 0.1) is 12.2 Å². The first-order valence-electron chi connectivity index (χ1n) is 10.4. The Bertz CT molecular complexity index is 1010. The SMILES string of the molecule is CNC(=O)c1c(-c2ccc(F)cc2)oc2ccc3c(c12)CCCCCCCCO3. The first-order valence-corrected chi connectivity index (χ1v) is 10.4. The lowest BCUT2D eigenvalue weighted by Gasteiger charge is -2.13. The van der Waals surface area contributed by atoms with E-state index in [0.717, 1.165) is 42.4 Å². The Morgan fingerprint density at radius 1 is 0.966 bits per heavy atom. The molecule has 1 aliphatic rings. The van der Waals surface area contributed by atoms with E-state index in [2.05, 4.69) is 5.32 Å². The van der Waals surface area contributed by atoms with Gasteiger partial charge in [0.1, 0.15) is 22.9 Å². The van der Waals surface area contributed by atoms with Crippen molar-refractivity contribution >= 4 is 16.9 Å². The molecule has 0 atom stereocenters. The predicted molar refractivity (Wildman–Crippen MR) is 112 cm³/mol. The van der Waals surface area contributed by atoms with E-state index in [1.807, 2.05) is 12.1 Å². The number of nitrogens with one attached hydrogen (secondary N) is 1. The van der Waals surface area contributed by atoms with Crippen molar-refractivity contribution in [2.75, 3.05) is 13.7 Å². The molecule has 2 heterocycles. The number of amides is 1. The molecule has 1 amide bonds. The molecular weight excluding hydrogens is 369 g/mol. The number of carbonyl (C=O) groups excluding carboxylic acids is 1. The number of aryl methyl sites for hydroxylation is 1. The zero-order valence-electron chi connectivity index (χ0n) is 16.7. The van der Waals surface area contributed by atoms with Gasteiger partial charge in [-0.1, -0.05) is 25.7 Å². The maximum Gasteiger partial charge on any atom is 0.255 e. The molecule has 0 saturated heterocycles. The molecule has 1 aromatic heterocycles. The van der Waals surface area contributed by atoms with E-state index in [0.29, 0.717) is 29.1 Å². The van der Waals surface area contributed by atoms with E-state index in [4.69, 9.17) is 9.15 Å². The number of halogens is 1. The monoisotopic (exact) mass is 395 g/mol. The third kappa shape index (κ3) is 4.00. The van der Waals surface area contributed by atoms with Crippen LogP contribution in [0.4, 0.5) is 4.39 Å². The molecule has 152 valence electrons. The van der Waals surface area contributed by atoms with E-state index in [9.17, 15) is 9.18 Å². The van der Waals surface area contributed by atoms with E-state index in [-0.39, 0.29) is 11.7 Å². The van der Waals surface area contributed by atoms with Gasteiger partial charge in [0, 0.05) is 23.6 Å². The zero-order valence-corrected chi connectivity index (χ0v) is 16.7. The van der Waals surface area contributed by atoms with E-state index in [1.54, 1.807) is 19.2 Å². The quantitative estimate of drug-likeness (QED) is 0.590. The fraction of sp³-hybridized carbons (Fsp3) is 0.375. The highest BCUT2D eigenvalue weighted by Gasteiger charge is 2.25. The minimum atomic E-state index is -0.326. The van der Waals surface area contributed by atoms with Crippen molar-refractivity contribution < 1.29 is 18.3 Å². The number of benzene rings is 2. The number of rotatable bonds is 2. The maximum atomic E-state index is 13.4. The molecule has 29 heavy (non-hydrogen) atoms. The molecule has 4 nitrogen and oxygen atoms in total. The number of hydrogen-bond acceptors (Lipinski definition) is 3. The Balaban J connectivity index is 1.91. The number of hydrogen-bond donors (Lipinski definition) is 1. The molecule has 5 heteroatoms. The second-order valence-corrected chi connectivity index (χ2v) is 7.53. The second-order valence-electron chi connectivity index (χ2n) is 7.53. The molecular formula is C24H26FNO3. The summed E-state index contributed by atoms with van der Waals surface area (Å²) >= 11 is 0. The number of ether oxygens (including phenoxy) is 1. The fourth-order valence-corrected chi connectivity index (χ4v) is 4.06. The molecule has 0 spiro atoms. The van der Waals surface area contributed by atoms with E-state index >= 15 is 0 Å². The van der Waals surface area contributed by atoms with Crippen LogP contribution in [0, 0.1) is 5.82 Å². The number of carbonyl (C=O) groups is 1. The van der Waals surface area contributed by atoms with Crippen LogP contribution in [0.2, 0.25) is 0 Å². The molecule has 0 fully saturated rings. The summed E-state index contributed by atoms with van der Waals surface area (Å²) in [5, 5.41) is 3.54. The maximum absolute atomic E-state index is 13.4. The van der Waals surface area contributed by atoms with Crippen LogP contribution in [0.15, 0.2) is 40.8 Å². The van der Waals surface area contributed by atoms with Gasteiger partial charge in [-0.05, 0) is 55.7 Å². The molecule has 0 saturated carbocycles. The lowest BCUT2D eigenvalue weighted by molar-refractivity contribution is 0.0964. The van der Waals surface area contributed by atoms with Crippen LogP contribution >= 0.6 is 0 Å². The number of fused-ring (bicyclic) bond motifs is 3. The fourth-order valence-electron chi connectivity index (χ4n) is 4.06. The van der Waals surface area contributed by atoms with Crippen LogP contribution in [-0.2, 0) is 6.42 Å². The first kappa shape index (κ1) is 19.5. The first-order chi connectivity index (χ1) is 14.2. The third-order valence-corrected chi connectivity index (χ3v) is 5.56. The average molecular weight is 395 g/mol. The highest BCUT2D eigenvalue weighted by Crippen LogP contribution is 2.40. The van der Waals surface area contributed by atoms with Crippen molar-refractivity contribution in [2.24, 2.45) is 0 Å². The van der Waals surface area contributed by atoms with Gasteiger partial charge >= 0.3 is 0 Å². The summed E-state index contributed by atoms with van der Waals surface area (Å²) in [6, 6.07) is 9.84. The minimum absolute atomic E-state index is 0.217. The second kappa shape index (κ2) is 8.68. The molecule has 1 N–H and O–H groups in total. The van der Waals surface area contributed by atoms with Crippen molar-refractivity contribution in [1.29, 1.82) is 0 Å². The highest BCUT2D eigenvalue weighted by molar-refractivity contribution is 6.12. The number of furan rings is 1. The highest BCUT2D eigenvalue weighted by atomic mass is 19.1. The average Bonchev–Trinajstić information content (AvgIpc) is 3.10. The van der Waals surface area contributed by atoms with Crippen molar-refractivity contribution in [1.82, 2.24) is 5.32 Å². The van der Waals surface area contributed by atoms with E-state index in [1.165, 1.54) is 31.4 Å². The Kier molecular flexibility index (Phi) is 5.84. The summed E-state index contributed by atoms with van der Waals surface area (Å²) in [4.78, 5) is 12.9.